The molecule has 2 rings (SSSR count). The first-order valence-corrected chi connectivity index (χ1v) is 9.37. The molecule has 2 aromatic rings. The van der Waals surface area contributed by atoms with Crippen molar-refractivity contribution in [1.29, 1.82) is 0 Å². The van der Waals surface area contributed by atoms with Crippen LogP contribution in [0.25, 0.3) is 0 Å². The van der Waals surface area contributed by atoms with Crippen LogP contribution < -0.4 is 19.5 Å². The van der Waals surface area contributed by atoms with Gasteiger partial charge >= 0.3 is 0 Å². The van der Waals surface area contributed by atoms with E-state index in [9.17, 15) is 4.79 Å². The zero-order valence-electron chi connectivity index (χ0n) is 14.9. The maximum Gasteiger partial charge on any atom is 0.228 e. The Bertz CT molecular complexity index is 782. The molecule has 7 heteroatoms. The van der Waals surface area contributed by atoms with Crippen molar-refractivity contribution >= 4 is 39.1 Å². The number of ether oxygens (including phenoxy) is 3. The number of halogens is 2. The molecule has 0 aliphatic heterocycles. The Kier molecular flexibility index (Phi) is 7.60. The van der Waals surface area contributed by atoms with Gasteiger partial charge in [-0.05, 0) is 49.7 Å². The minimum atomic E-state index is -0.196. The number of carbonyl (C=O) groups is 1. The van der Waals surface area contributed by atoms with E-state index in [0.29, 0.717) is 41.2 Å². The molecule has 0 atom stereocenters. The van der Waals surface area contributed by atoms with Gasteiger partial charge < -0.3 is 19.5 Å². The first-order chi connectivity index (χ1) is 12.5. The van der Waals surface area contributed by atoms with Gasteiger partial charge in [0.15, 0.2) is 11.5 Å². The Morgan fingerprint density at radius 2 is 1.73 bits per heavy atom. The molecule has 0 spiro atoms. The molecular weight excluding hydrogens is 422 g/mol. The predicted octanol–water partition coefficient (Wildman–Crippen LogP) is 5.09. The minimum Gasteiger partial charge on any atom is -0.495 e. The summed E-state index contributed by atoms with van der Waals surface area (Å²) in [5.41, 5.74) is 1.31. The third kappa shape index (κ3) is 5.29. The van der Waals surface area contributed by atoms with Gasteiger partial charge in [0.2, 0.25) is 5.91 Å². The fourth-order valence-electron chi connectivity index (χ4n) is 2.39. The van der Waals surface area contributed by atoms with Crippen LogP contribution in [-0.2, 0) is 11.2 Å². The summed E-state index contributed by atoms with van der Waals surface area (Å²) in [6.45, 7) is 4.84. The third-order valence-electron chi connectivity index (χ3n) is 3.50. The molecule has 0 bridgehead atoms. The second-order valence-corrected chi connectivity index (χ2v) is 6.62. The number of anilines is 1. The van der Waals surface area contributed by atoms with Gasteiger partial charge in [0.05, 0.1) is 32.4 Å². The molecule has 5 nitrogen and oxygen atoms in total. The second-order valence-electron chi connectivity index (χ2n) is 5.33. The SMILES string of the molecule is CCOc1cc(Br)c(CC(=O)Nc2cc(Cl)ccc2OC)cc1OCC. The lowest BCUT2D eigenvalue weighted by molar-refractivity contribution is -0.115. The zero-order valence-corrected chi connectivity index (χ0v) is 17.2. The third-order valence-corrected chi connectivity index (χ3v) is 4.47. The number of methoxy groups -OCH3 is 1. The lowest BCUT2D eigenvalue weighted by Crippen LogP contribution is -2.15. The molecule has 0 radical (unpaired) electrons. The van der Waals surface area contributed by atoms with E-state index in [4.69, 9.17) is 25.8 Å². The molecule has 1 N–H and O–H groups in total. The summed E-state index contributed by atoms with van der Waals surface area (Å²) >= 11 is 9.50. The fourth-order valence-corrected chi connectivity index (χ4v) is 3.03. The highest BCUT2D eigenvalue weighted by molar-refractivity contribution is 9.10. The Morgan fingerprint density at radius 1 is 1.08 bits per heavy atom. The van der Waals surface area contributed by atoms with Crippen LogP contribution in [0.15, 0.2) is 34.8 Å². The first kappa shape index (κ1) is 20.4. The Morgan fingerprint density at radius 3 is 2.35 bits per heavy atom. The lowest BCUT2D eigenvalue weighted by atomic mass is 10.1. The van der Waals surface area contributed by atoms with Crippen LogP contribution in [-0.4, -0.2) is 26.2 Å². The van der Waals surface area contributed by atoms with Crippen LogP contribution >= 0.6 is 27.5 Å². The average Bonchev–Trinajstić information content (AvgIpc) is 2.59. The molecule has 0 saturated heterocycles. The molecule has 0 fully saturated rings. The number of hydrogen-bond acceptors (Lipinski definition) is 4. The maximum absolute atomic E-state index is 12.5. The number of nitrogens with one attached hydrogen (secondary N) is 1. The number of hydrogen-bond donors (Lipinski definition) is 1. The molecule has 0 aromatic heterocycles. The monoisotopic (exact) mass is 441 g/mol. The van der Waals surface area contributed by atoms with E-state index in [2.05, 4.69) is 21.2 Å². The number of rotatable bonds is 8. The first-order valence-electron chi connectivity index (χ1n) is 8.19. The summed E-state index contributed by atoms with van der Waals surface area (Å²) in [4.78, 5) is 12.5. The molecule has 26 heavy (non-hydrogen) atoms. The molecule has 140 valence electrons. The van der Waals surface area contributed by atoms with E-state index in [1.807, 2.05) is 26.0 Å². The normalized spacial score (nSPS) is 10.3. The minimum absolute atomic E-state index is 0.155. The van der Waals surface area contributed by atoms with Crippen molar-refractivity contribution in [1.82, 2.24) is 0 Å². The van der Waals surface area contributed by atoms with Gasteiger partial charge in [0.1, 0.15) is 5.75 Å². The van der Waals surface area contributed by atoms with Gasteiger partial charge in [0.25, 0.3) is 0 Å². The quantitative estimate of drug-likeness (QED) is 0.619. The van der Waals surface area contributed by atoms with E-state index in [1.165, 1.54) is 7.11 Å². The Labute approximate surface area is 166 Å². The highest BCUT2D eigenvalue weighted by Gasteiger charge is 2.15. The molecule has 2 aromatic carbocycles. The predicted molar refractivity (Wildman–Crippen MR) is 107 cm³/mol. The van der Waals surface area contributed by atoms with Crippen LogP contribution in [0.3, 0.4) is 0 Å². The number of carbonyl (C=O) groups excluding carboxylic acids is 1. The molecule has 0 saturated carbocycles. The van der Waals surface area contributed by atoms with Crippen molar-refractivity contribution in [2.24, 2.45) is 0 Å². The number of amides is 1. The summed E-state index contributed by atoms with van der Waals surface area (Å²) in [7, 11) is 1.54. The Balaban J connectivity index is 2.21. The fraction of sp³-hybridized carbons (Fsp3) is 0.316. The molecule has 0 heterocycles. The van der Waals surface area contributed by atoms with E-state index >= 15 is 0 Å². The summed E-state index contributed by atoms with van der Waals surface area (Å²) in [5.74, 6) is 1.60. The topological polar surface area (TPSA) is 56.8 Å². The van der Waals surface area contributed by atoms with Crippen molar-refractivity contribution in [3.05, 3.63) is 45.4 Å². The van der Waals surface area contributed by atoms with E-state index in [1.54, 1.807) is 18.2 Å². The van der Waals surface area contributed by atoms with Crippen LogP contribution in [0.4, 0.5) is 5.69 Å². The zero-order chi connectivity index (χ0) is 19.1. The van der Waals surface area contributed by atoms with Crippen molar-refractivity contribution in [3.8, 4) is 17.2 Å². The lowest BCUT2D eigenvalue weighted by Gasteiger charge is -2.15. The smallest absolute Gasteiger partial charge is 0.228 e. The van der Waals surface area contributed by atoms with Crippen molar-refractivity contribution in [3.63, 3.8) is 0 Å². The largest absolute Gasteiger partial charge is 0.495 e. The highest BCUT2D eigenvalue weighted by Crippen LogP contribution is 2.34. The standard InChI is InChI=1S/C19H21BrClNO4/c1-4-25-17-8-12(14(20)11-18(17)26-5-2)9-19(23)22-15-10-13(21)6-7-16(15)24-3/h6-8,10-11H,4-5,9H2,1-3H3,(H,22,23). The van der Waals surface area contributed by atoms with Crippen LogP contribution in [0.1, 0.15) is 19.4 Å². The van der Waals surface area contributed by atoms with Crippen molar-refractivity contribution < 1.29 is 19.0 Å². The molecule has 0 unspecified atom stereocenters. The second kappa shape index (κ2) is 9.69. The molecule has 1 amide bonds. The maximum atomic E-state index is 12.5. The highest BCUT2D eigenvalue weighted by atomic mass is 79.9. The van der Waals surface area contributed by atoms with Crippen LogP contribution in [0.5, 0.6) is 17.2 Å². The van der Waals surface area contributed by atoms with Gasteiger partial charge in [-0.3, -0.25) is 4.79 Å². The molecule has 0 aliphatic carbocycles. The van der Waals surface area contributed by atoms with Gasteiger partial charge in [-0.25, -0.2) is 0 Å². The van der Waals surface area contributed by atoms with Crippen molar-refractivity contribution in [2.75, 3.05) is 25.6 Å². The van der Waals surface area contributed by atoms with Gasteiger partial charge in [-0.2, -0.15) is 0 Å². The summed E-state index contributed by atoms with van der Waals surface area (Å²) in [6.07, 6.45) is 0.155. The Hall–Kier alpha value is -1.92. The van der Waals surface area contributed by atoms with E-state index in [0.717, 1.165) is 10.0 Å². The summed E-state index contributed by atoms with van der Waals surface area (Å²) < 4.78 is 17.2. The van der Waals surface area contributed by atoms with Gasteiger partial charge in [0, 0.05) is 9.50 Å². The summed E-state index contributed by atoms with van der Waals surface area (Å²) in [5, 5.41) is 3.34. The van der Waals surface area contributed by atoms with Crippen LogP contribution in [0, 0.1) is 0 Å². The molecular formula is C19H21BrClNO4. The van der Waals surface area contributed by atoms with Gasteiger partial charge in [-0.1, -0.05) is 27.5 Å². The van der Waals surface area contributed by atoms with Gasteiger partial charge in [-0.15, -0.1) is 0 Å². The van der Waals surface area contributed by atoms with E-state index < -0.39 is 0 Å². The van der Waals surface area contributed by atoms with Crippen molar-refractivity contribution in [2.45, 2.75) is 20.3 Å². The average molecular weight is 443 g/mol. The summed E-state index contributed by atoms with van der Waals surface area (Å²) in [6, 6.07) is 8.69. The van der Waals surface area contributed by atoms with E-state index in [-0.39, 0.29) is 12.3 Å². The number of benzene rings is 2. The van der Waals surface area contributed by atoms with Crippen LogP contribution in [0.2, 0.25) is 5.02 Å². The molecule has 0 aliphatic rings.